The Hall–Kier alpha value is -4.38. The van der Waals surface area contributed by atoms with Crippen LogP contribution in [0.15, 0.2) is 97.1 Å². The summed E-state index contributed by atoms with van der Waals surface area (Å²) >= 11 is 14.4. The molecule has 0 unspecified atom stereocenters. The number of carbonyl (C=O) groups is 4. The zero-order valence-electron chi connectivity index (χ0n) is 23.6. The molecule has 0 N–H and O–H groups in total. The lowest BCUT2D eigenvalue weighted by atomic mass is 9.87. The summed E-state index contributed by atoms with van der Waals surface area (Å²) in [5, 5.41) is 0.731. The van der Waals surface area contributed by atoms with Crippen molar-refractivity contribution in [2.45, 2.75) is 27.7 Å². The van der Waals surface area contributed by atoms with Crippen LogP contribution in [-0.4, -0.2) is 23.1 Å². The molecule has 4 nitrogen and oxygen atoms in total. The maximum Gasteiger partial charge on any atom is 0.159 e. The normalized spacial score (nSPS) is 12.2. The number of halogens is 2. The van der Waals surface area contributed by atoms with E-state index in [-0.39, 0.29) is 23.1 Å². The minimum Gasteiger partial charge on any atom is -0.295 e. The van der Waals surface area contributed by atoms with Gasteiger partial charge in [0.05, 0.1) is 10.1 Å². The van der Waals surface area contributed by atoms with E-state index in [2.05, 4.69) is 0 Å². The van der Waals surface area contributed by atoms with E-state index in [0.29, 0.717) is 65.7 Å². The van der Waals surface area contributed by atoms with E-state index in [1.54, 1.807) is 72.8 Å². The molecule has 4 rings (SSSR count). The number of rotatable bonds is 9. The maximum atomic E-state index is 12.0. The fourth-order valence-electron chi connectivity index (χ4n) is 4.50. The van der Waals surface area contributed by atoms with Crippen LogP contribution in [-0.2, 0) is 0 Å². The van der Waals surface area contributed by atoms with E-state index in [1.165, 1.54) is 27.7 Å². The van der Waals surface area contributed by atoms with Crippen molar-refractivity contribution in [2.24, 2.45) is 0 Å². The maximum absolute atomic E-state index is 12.0. The Balaban J connectivity index is 2.07. The molecule has 42 heavy (non-hydrogen) atoms. The van der Waals surface area contributed by atoms with Gasteiger partial charge in [0.15, 0.2) is 23.1 Å². The van der Waals surface area contributed by atoms with E-state index in [1.807, 2.05) is 24.3 Å². The number of carbonyl (C=O) groups excluding carboxylic acids is 4. The second kappa shape index (κ2) is 13.1. The molecule has 0 aliphatic carbocycles. The Kier molecular flexibility index (Phi) is 9.52. The molecule has 0 bridgehead atoms. The molecule has 4 aromatic carbocycles. The van der Waals surface area contributed by atoms with E-state index in [4.69, 9.17) is 23.2 Å². The van der Waals surface area contributed by atoms with Crippen molar-refractivity contribution in [1.29, 1.82) is 0 Å². The van der Waals surface area contributed by atoms with Crippen LogP contribution < -0.4 is 0 Å². The molecule has 0 spiro atoms. The number of Topliss-reactive ketones (excluding diaryl/α,β-unsaturated/α-hetero) is 4. The van der Waals surface area contributed by atoms with Gasteiger partial charge in [-0.1, -0.05) is 120 Å². The van der Waals surface area contributed by atoms with Gasteiger partial charge in [-0.3, -0.25) is 19.2 Å². The largest absolute Gasteiger partial charge is 0.295 e. The van der Waals surface area contributed by atoms with Gasteiger partial charge in [-0.05, 0) is 49.9 Å². The Morgan fingerprint density at radius 1 is 0.333 bits per heavy atom. The van der Waals surface area contributed by atoms with Crippen LogP contribution in [0.2, 0.25) is 0 Å². The summed E-state index contributed by atoms with van der Waals surface area (Å²) in [6.07, 6.45) is 0. The van der Waals surface area contributed by atoms with Gasteiger partial charge in [-0.25, -0.2) is 0 Å². The summed E-state index contributed by atoms with van der Waals surface area (Å²) < 4.78 is 0. The molecule has 6 heteroatoms. The van der Waals surface area contributed by atoms with Crippen molar-refractivity contribution in [3.63, 3.8) is 0 Å². The third kappa shape index (κ3) is 6.73. The van der Waals surface area contributed by atoms with E-state index in [0.717, 1.165) is 0 Å². The van der Waals surface area contributed by atoms with E-state index < -0.39 is 0 Å². The molecule has 210 valence electrons. The highest BCUT2D eigenvalue weighted by Crippen LogP contribution is 2.45. The monoisotopic (exact) mass is 594 g/mol. The molecular formula is C36H28Cl2O4. The first kappa shape index (κ1) is 30.6. The average molecular weight is 596 g/mol. The van der Waals surface area contributed by atoms with Crippen LogP contribution in [0, 0.1) is 0 Å². The Labute approximate surface area is 255 Å². The molecule has 0 amide bonds. The summed E-state index contributed by atoms with van der Waals surface area (Å²) in [4.78, 5) is 47.9. The van der Waals surface area contributed by atoms with E-state index in [9.17, 15) is 19.2 Å². The number of hydrogen-bond acceptors (Lipinski definition) is 4. The number of allylic oxidation sites excluding steroid dienone is 2. The molecule has 0 fully saturated rings. The third-order valence-corrected chi connectivity index (χ3v) is 7.75. The summed E-state index contributed by atoms with van der Waals surface area (Å²) in [5.41, 5.74) is 6.06. The van der Waals surface area contributed by atoms with Crippen LogP contribution in [0.25, 0.3) is 21.2 Å². The lowest BCUT2D eigenvalue weighted by Crippen LogP contribution is -2.00. The highest BCUT2D eigenvalue weighted by atomic mass is 35.5. The van der Waals surface area contributed by atoms with Crippen molar-refractivity contribution in [3.05, 3.63) is 142 Å². The van der Waals surface area contributed by atoms with Gasteiger partial charge in [0.1, 0.15) is 0 Å². The molecule has 0 saturated heterocycles. The minimum absolute atomic E-state index is 0.0649. The lowest BCUT2D eigenvalue weighted by molar-refractivity contribution is 0.100. The van der Waals surface area contributed by atoms with Crippen molar-refractivity contribution < 1.29 is 19.2 Å². The molecule has 0 aliphatic rings. The minimum atomic E-state index is -0.0721. The summed E-state index contributed by atoms with van der Waals surface area (Å²) in [6.45, 7) is 5.99. The average Bonchev–Trinajstić information content (AvgIpc) is 2.99. The van der Waals surface area contributed by atoms with Gasteiger partial charge in [0.25, 0.3) is 0 Å². The van der Waals surface area contributed by atoms with Crippen LogP contribution in [0.3, 0.4) is 0 Å². The predicted octanol–water partition coefficient (Wildman–Crippen LogP) is 9.41. The molecular weight excluding hydrogens is 567 g/mol. The van der Waals surface area contributed by atoms with Crippen LogP contribution in [0.1, 0.15) is 91.4 Å². The van der Waals surface area contributed by atoms with Crippen molar-refractivity contribution in [3.8, 4) is 0 Å². The van der Waals surface area contributed by atoms with Gasteiger partial charge >= 0.3 is 0 Å². The highest BCUT2D eigenvalue weighted by molar-refractivity contribution is 6.60. The van der Waals surface area contributed by atoms with Crippen molar-refractivity contribution >= 4 is 67.5 Å². The lowest BCUT2D eigenvalue weighted by Gasteiger charge is -2.20. The Morgan fingerprint density at radius 3 is 0.690 bits per heavy atom. The van der Waals surface area contributed by atoms with Crippen molar-refractivity contribution in [2.75, 3.05) is 0 Å². The van der Waals surface area contributed by atoms with Gasteiger partial charge in [-0.2, -0.15) is 0 Å². The molecule has 0 radical (unpaired) electrons. The van der Waals surface area contributed by atoms with Crippen molar-refractivity contribution in [1.82, 2.24) is 0 Å². The smallest absolute Gasteiger partial charge is 0.159 e. The number of benzene rings is 4. The molecule has 4 aromatic rings. The van der Waals surface area contributed by atoms with Gasteiger partial charge < -0.3 is 0 Å². The quantitative estimate of drug-likeness (QED) is 0.110. The first-order chi connectivity index (χ1) is 20.0. The number of ketones is 4. The van der Waals surface area contributed by atoms with E-state index >= 15 is 0 Å². The summed E-state index contributed by atoms with van der Waals surface area (Å²) in [7, 11) is 0. The topological polar surface area (TPSA) is 68.3 Å². The first-order valence-corrected chi connectivity index (χ1v) is 14.0. The second-order valence-corrected chi connectivity index (χ2v) is 10.7. The standard InChI is InChI=1S/C36H28Cl2O4/c1-21(39)25-5-13-29(14-6-25)33(35(37)31-17-9-27(10-18-31)23(3)41)34(30-15-7-26(8-16-30)22(2)40)36(38)32-19-11-28(12-20-32)24(4)42/h5-20H,1-4H3/b35-33+,36-34+. The van der Waals surface area contributed by atoms with Crippen LogP contribution in [0.4, 0.5) is 0 Å². The fourth-order valence-corrected chi connectivity index (χ4v) is 5.16. The Morgan fingerprint density at radius 2 is 0.500 bits per heavy atom. The SMILES string of the molecule is CC(=O)c1ccc(/C(Cl)=C(\C(=C(\Cl)c2ccc(C(C)=O)cc2)c2ccc(C(C)=O)cc2)c2ccc(C(C)=O)cc2)cc1. The molecule has 0 heterocycles. The Bertz CT molecular complexity index is 1610. The summed E-state index contributed by atoms with van der Waals surface area (Å²) in [5.74, 6) is -0.274. The molecule has 0 saturated carbocycles. The second-order valence-electron chi connectivity index (χ2n) is 9.91. The van der Waals surface area contributed by atoms with Gasteiger partial charge in [0, 0.05) is 33.4 Å². The van der Waals surface area contributed by atoms with Gasteiger partial charge in [0.2, 0.25) is 0 Å². The zero-order chi connectivity index (χ0) is 30.6. The molecule has 0 aliphatic heterocycles. The first-order valence-electron chi connectivity index (χ1n) is 13.2. The predicted molar refractivity (Wildman–Crippen MR) is 171 cm³/mol. The van der Waals surface area contributed by atoms with Crippen LogP contribution in [0.5, 0.6) is 0 Å². The third-order valence-electron chi connectivity index (χ3n) is 6.94. The molecule has 0 atom stereocenters. The number of hydrogen-bond donors (Lipinski definition) is 0. The van der Waals surface area contributed by atoms with Crippen LogP contribution >= 0.6 is 23.2 Å². The molecule has 0 aromatic heterocycles. The highest BCUT2D eigenvalue weighted by Gasteiger charge is 2.22. The fraction of sp³-hybridized carbons (Fsp3) is 0.111. The van der Waals surface area contributed by atoms with Gasteiger partial charge in [-0.15, -0.1) is 0 Å². The zero-order valence-corrected chi connectivity index (χ0v) is 25.1. The summed E-state index contributed by atoms with van der Waals surface area (Å²) in [6, 6.07) is 28.1.